The van der Waals surface area contributed by atoms with Gasteiger partial charge in [-0.25, -0.2) is 17.8 Å². The molecule has 0 bridgehead atoms. The molecule has 1 aromatic heterocycles. The Bertz CT molecular complexity index is 704. The Morgan fingerprint density at radius 3 is 2.58 bits per heavy atom. The zero-order valence-electron chi connectivity index (χ0n) is 9.47. The zero-order chi connectivity index (χ0) is 14.0. The van der Waals surface area contributed by atoms with Gasteiger partial charge in [-0.05, 0) is 30.3 Å². The third kappa shape index (κ3) is 3.12. The van der Waals surface area contributed by atoms with Crippen LogP contribution in [0.3, 0.4) is 0 Å². The molecular formula is C11H9ClFN3O2S. The fraction of sp³-hybridized carbons (Fsp3) is 0. The van der Waals surface area contributed by atoms with Gasteiger partial charge in [-0.2, -0.15) is 0 Å². The average molecular weight is 302 g/mol. The maximum Gasteiger partial charge on any atom is 0.263 e. The smallest absolute Gasteiger partial charge is 0.263 e. The van der Waals surface area contributed by atoms with Crippen LogP contribution >= 0.6 is 11.6 Å². The highest BCUT2D eigenvalue weighted by Gasteiger charge is 2.16. The molecular weight excluding hydrogens is 293 g/mol. The lowest BCUT2D eigenvalue weighted by atomic mass is 10.3. The summed E-state index contributed by atoms with van der Waals surface area (Å²) in [6.07, 6.45) is 1.09. The average Bonchev–Trinajstić information content (AvgIpc) is 2.33. The van der Waals surface area contributed by atoms with E-state index in [-0.39, 0.29) is 21.4 Å². The Balaban J connectivity index is 2.33. The molecule has 1 aromatic carbocycles. The van der Waals surface area contributed by atoms with Crippen LogP contribution in [0.15, 0.2) is 41.4 Å². The summed E-state index contributed by atoms with van der Waals surface area (Å²) in [6.45, 7) is 0. The van der Waals surface area contributed by atoms with Gasteiger partial charge in [-0.1, -0.05) is 11.6 Å². The first-order valence-corrected chi connectivity index (χ1v) is 6.94. The van der Waals surface area contributed by atoms with Crippen LogP contribution in [-0.2, 0) is 10.0 Å². The SMILES string of the molecule is Nc1ccc(S(=O)(=O)Nc2ccc(Cl)cc2F)cn1. The lowest BCUT2D eigenvalue weighted by molar-refractivity contribution is 0.598. The number of nitrogen functional groups attached to an aromatic ring is 1. The van der Waals surface area contributed by atoms with Gasteiger partial charge in [0, 0.05) is 11.2 Å². The van der Waals surface area contributed by atoms with Crippen LogP contribution in [0, 0.1) is 5.82 Å². The summed E-state index contributed by atoms with van der Waals surface area (Å²) < 4.78 is 39.5. The van der Waals surface area contributed by atoms with Gasteiger partial charge >= 0.3 is 0 Å². The number of nitrogens with zero attached hydrogens (tertiary/aromatic N) is 1. The molecule has 3 N–H and O–H groups in total. The first-order chi connectivity index (χ1) is 8.88. The van der Waals surface area contributed by atoms with Crippen molar-refractivity contribution in [2.24, 2.45) is 0 Å². The molecule has 0 aliphatic heterocycles. The molecule has 0 saturated heterocycles. The fourth-order valence-electron chi connectivity index (χ4n) is 1.33. The number of halogens is 2. The highest BCUT2D eigenvalue weighted by molar-refractivity contribution is 7.92. The molecule has 8 heteroatoms. The van der Waals surface area contributed by atoms with Gasteiger partial charge in [0.1, 0.15) is 16.5 Å². The second-order valence-corrected chi connectivity index (χ2v) is 5.77. The Labute approximate surface area is 114 Å². The molecule has 0 fully saturated rings. The van der Waals surface area contributed by atoms with E-state index in [1.54, 1.807) is 0 Å². The molecule has 2 aromatic rings. The van der Waals surface area contributed by atoms with E-state index in [2.05, 4.69) is 9.71 Å². The largest absolute Gasteiger partial charge is 0.384 e. The summed E-state index contributed by atoms with van der Waals surface area (Å²) in [4.78, 5) is 3.55. The van der Waals surface area contributed by atoms with E-state index in [1.807, 2.05) is 0 Å². The van der Waals surface area contributed by atoms with Crippen molar-refractivity contribution in [3.8, 4) is 0 Å². The van der Waals surface area contributed by atoms with E-state index in [0.717, 1.165) is 12.3 Å². The van der Waals surface area contributed by atoms with E-state index >= 15 is 0 Å². The minimum Gasteiger partial charge on any atom is -0.384 e. The summed E-state index contributed by atoms with van der Waals surface area (Å²) in [5.41, 5.74) is 5.17. The first kappa shape index (κ1) is 13.6. The van der Waals surface area contributed by atoms with Crippen LogP contribution in [0.5, 0.6) is 0 Å². The summed E-state index contributed by atoms with van der Waals surface area (Å²) >= 11 is 5.58. The predicted octanol–water partition coefficient (Wildman–Crippen LogP) is 2.26. The molecule has 0 saturated carbocycles. The maximum absolute atomic E-state index is 13.5. The third-order valence-corrected chi connectivity index (χ3v) is 3.83. The van der Waals surface area contributed by atoms with E-state index < -0.39 is 15.8 Å². The highest BCUT2D eigenvalue weighted by Crippen LogP contribution is 2.22. The molecule has 19 heavy (non-hydrogen) atoms. The molecule has 0 amide bonds. The number of pyridine rings is 1. The van der Waals surface area contributed by atoms with Gasteiger partial charge in [0.2, 0.25) is 0 Å². The van der Waals surface area contributed by atoms with Crippen LogP contribution in [0.2, 0.25) is 5.02 Å². The Hall–Kier alpha value is -1.86. The lowest BCUT2D eigenvalue weighted by Gasteiger charge is -2.08. The van der Waals surface area contributed by atoms with Crippen LogP contribution in [0.25, 0.3) is 0 Å². The van der Waals surface area contributed by atoms with Gasteiger partial charge in [0.05, 0.1) is 5.69 Å². The Morgan fingerprint density at radius 1 is 1.26 bits per heavy atom. The Kier molecular flexibility index (Phi) is 3.59. The van der Waals surface area contributed by atoms with E-state index in [0.29, 0.717) is 0 Å². The van der Waals surface area contributed by atoms with Crippen LogP contribution in [-0.4, -0.2) is 13.4 Å². The minimum absolute atomic E-state index is 0.115. The van der Waals surface area contributed by atoms with E-state index in [1.165, 1.54) is 24.3 Å². The molecule has 0 radical (unpaired) electrons. The molecule has 0 spiro atoms. The molecule has 0 unspecified atom stereocenters. The van der Waals surface area contributed by atoms with Crippen LogP contribution < -0.4 is 10.5 Å². The molecule has 100 valence electrons. The molecule has 2 rings (SSSR count). The predicted molar refractivity (Wildman–Crippen MR) is 70.9 cm³/mol. The zero-order valence-corrected chi connectivity index (χ0v) is 11.0. The topological polar surface area (TPSA) is 85.1 Å². The van der Waals surface area contributed by atoms with Crippen molar-refractivity contribution in [1.82, 2.24) is 4.98 Å². The molecule has 0 aliphatic carbocycles. The molecule has 0 aliphatic rings. The van der Waals surface area contributed by atoms with Gasteiger partial charge < -0.3 is 5.73 Å². The van der Waals surface area contributed by atoms with E-state index in [9.17, 15) is 12.8 Å². The molecule has 0 atom stereocenters. The van der Waals surface area contributed by atoms with Crippen molar-refractivity contribution >= 4 is 33.1 Å². The fourth-order valence-corrected chi connectivity index (χ4v) is 2.50. The Morgan fingerprint density at radius 2 is 2.00 bits per heavy atom. The van der Waals surface area contributed by atoms with Gasteiger partial charge in [0.25, 0.3) is 10.0 Å². The minimum atomic E-state index is -3.92. The normalized spacial score (nSPS) is 11.3. The van der Waals surface area contributed by atoms with Gasteiger partial charge in [0.15, 0.2) is 0 Å². The van der Waals surface area contributed by atoms with Crippen molar-refractivity contribution in [2.45, 2.75) is 4.90 Å². The van der Waals surface area contributed by atoms with Crippen molar-refractivity contribution in [3.63, 3.8) is 0 Å². The van der Waals surface area contributed by atoms with Crippen molar-refractivity contribution in [2.75, 3.05) is 10.5 Å². The lowest BCUT2D eigenvalue weighted by Crippen LogP contribution is -2.14. The summed E-state index contributed by atoms with van der Waals surface area (Å²) in [6, 6.07) is 6.25. The van der Waals surface area contributed by atoms with Crippen LogP contribution in [0.1, 0.15) is 0 Å². The number of benzene rings is 1. The first-order valence-electron chi connectivity index (χ1n) is 5.08. The van der Waals surface area contributed by atoms with Crippen molar-refractivity contribution in [3.05, 3.63) is 47.4 Å². The highest BCUT2D eigenvalue weighted by atomic mass is 35.5. The number of nitrogens with two attached hydrogens (primary N) is 1. The second kappa shape index (κ2) is 5.02. The summed E-state index contributed by atoms with van der Waals surface area (Å²) in [5, 5.41) is 0.176. The second-order valence-electron chi connectivity index (χ2n) is 3.65. The number of aromatic nitrogens is 1. The number of rotatable bonds is 3. The number of hydrogen-bond donors (Lipinski definition) is 2. The van der Waals surface area contributed by atoms with Gasteiger partial charge in [-0.3, -0.25) is 4.72 Å². The van der Waals surface area contributed by atoms with E-state index in [4.69, 9.17) is 17.3 Å². The quantitative estimate of drug-likeness (QED) is 0.910. The number of sulfonamides is 1. The van der Waals surface area contributed by atoms with Crippen molar-refractivity contribution in [1.29, 1.82) is 0 Å². The summed E-state index contributed by atoms with van der Waals surface area (Å²) in [5.74, 6) is -0.573. The molecule has 1 heterocycles. The number of nitrogens with one attached hydrogen (secondary N) is 1. The maximum atomic E-state index is 13.5. The number of hydrogen-bond acceptors (Lipinski definition) is 4. The van der Waals surface area contributed by atoms with Gasteiger partial charge in [-0.15, -0.1) is 0 Å². The number of anilines is 2. The van der Waals surface area contributed by atoms with Crippen molar-refractivity contribution < 1.29 is 12.8 Å². The summed E-state index contributed by atoms with van der Waals surface area (Å²) in [7, 11) is -3.92. The van der Waals surface area contributed by atoms with Crippen LogP contribution in [0.4, 0.5) is 15.9 Å². The third-order valence-electron chi connectivity index (χ3n) is 2.24. The molecule has 5 nitrogen and oxygen atoms in total. The standard InChI is InChI=1S/C11H9ClFN3O2S/c12-7-1-3-10(9(13)5-7)16-19(17,18)8-2-4-11(14)15-6-8/h1-6,16H,(H2,14,15). The monoisotopic (exact) mass is 301 g/mol.